The number of sulfonamides is 1. The molecule has 35 heavy (non-hydrogen) atoms. The smallest absolute Gasteiger partial charge is 0.246 e. The van der Waals surface area contributed by atoms with Gasteiger partial charge in [0, 0.05) is 21.8 Å². The number of nitrogens with zero attached hydrogens (tertiary/aromatic N) is 3. The second-order valence-corrected chi connectivity index (χ2v) is 11.4. The van der Waals surface area contributed by atoms with Crippen LogP contribution < -0.4 is 10.6 Å². The van der Waals surface area contributed by atoms with Crippen LogP contribution in [0.2, 0.25) is 0 Å². The van der Waals surface area contributed by atoms with Gasteiger partial charge in [-0.25, -0.2) is 8.42 Å². The standard InChI is InChI=1S/C22H29N5O6S2/c1-13(2)19(17-12-14(3)15(4)33-17)24-22-21(25-34(29)26-22)23-16-6-5-7-18(20(16)28)35(30,31)27-8-10-32-11-9-27/h5-7,12-13,19,28H,8-11H2,1-4H3,(H,23,25)(H,24,26)/t19-,34?/m1/s1. The summed E-state index contributed by atoms with van der Waals surface area (Å²) >= 11 is -1.88. The van der Waals surface area contributed by atoms with Gasteiger partial charge in [0.25, 0.3) is 0 Å². The molecule has 0 amide bonds. The number of phenols is 1. The molecule has 4 rings (SSSR count). The molecule has 1 aliphatic heterocycles. The van der Waals surface area contributed by atoms with E-state index in [4.69, 9.17) is 9.15 Å². The van der Waals surface area contributed by atoms with Crippen LogP contribution in [0, 0.1) is 19.8 Å². The lowest BCUT2D eigenvalue weighted by Crippen LogP contribution is -2.40. The quantitative estimate of drug-likeness (QED) is 0.294. The number of para-hydroxylation sites is 1. The molecule has 1 saturated heterocycles. The highest BCUT2D eigenvalue weighted by molar-refractivity contribution is 7.89. The number of furan rings is 1. The van der Waals surface area contributed by atoms with Crippen LogP contribution in [0.4, 0.5) is 17.3 Å². The van der Waals surface area contributed by atoms with Gasteiger partial charge in [0.05, 0.1) is 24.9 Å². The number of morpholine rings is 1. The largest absolute Gasteiger partial charge is 0.546 e. The molecule has 1 unspecified atom stereocenters. The van der Waals surface area contributed by atoms with Gasteiger partial charge in [0.1, 0.15) is 16.4 Å². The summed E-state index contributed by atoms with van der Waals surface area (Å²) in [5, 5.41) is 17.0. The number of anilines is 3. The summed E-state index contributed by atoms with van der Waals surface area (Å²) in [5.74, 6) is 1.47. The van der Waals surface area contributed by atoms with Gasteiger partial charge in [0.2, 0.25) is 21.7 Å². The van der Waals surface area contributed by atoms with Crippen molar-refractivity contribution in [3.8, 4) is 5.75 Å². The molecule has 190 valence electrons. The molecule has 13 heteroatoms. The van der Waals surface area contributed by atoms with Gasteiger partial charge in [-0.15, -0.1) is 0 Å². The first kappa shape index (κ1) is 25.4. The average Bonchev–Trinajstić information content (AvgIpc) is 3.33. The van der Waals surface area contributed by atoms with Gasteiger partial charge in [-0.1, -0.05) is 19.9 Å². The van der Waals surface area contributed by atoms with Crippen LogP contribution in [0.1, 0.15) is 37.0 Å². The van der Waals surface area contributed by atoms with Crippen molar-refractivity contribution >= 4 is 38.5 Å². The first-order valence-corrected chi connectivity index (χ1v) is 13.7. The molecule has 1 fully saturated rings. The summed E-state index contributed by atoms with van der Waals surface area (Å²) in [4.78, 5) is -0.239. The van der Waals surface area contributed by atoms with E-state index in [1.54, 1.807) is 0 Å². The van der Waals surface area contributed by atoms with Crippen LogP contribution in [-0.4, -0.2) is 57.4 Å². The van der Waals surface area contributed by atoms with Gasteiger partial charge < -0.3 is 29.4 Å². The number of aryl methyl sites for hydroxylation is 2. The fourth-order valence-corrected chi connectivity index (χ4v) is 5.93. The van der Waals surface area contributed by atoms with Crippen LogP contribution in [0.15, 0.2) is 33.6 Å². The first-order chi connectivity index (χ1) is 16.6. The molecule has 0 saturated carbocycles. The van der Waals surface area contributed by atoms with E-state index in [1.807, 2.05) is 33.8 Å². The molecule has 3 aromatic rings. The molecule has 2 atom stereocenters. The summed E-state index contributed by atoms with van der Waals surface area (Å²) in [6, 6.07) is 6.01. The number of aromatic hydroxyl groups is 1. The van der Waals surface area contributed by atoms with Crippen LogP contribution in [0.5, 0.6) is 5.75 Å². The Morgan fingerprint density at radius 2 is 1.86 bits per heavy atom. The number of benzene rings is 1. The van der Waals surface area contributed by atoms with E-state index >= 15 is 0 Å². The highest BCUT2D eigenvalue weighted by Gasteiger charge is 2.31. The van der Waals surface area contributed by atoms with Gasteiger partial charge >= 0.3 is 0 Å². The molecule has 1 aromatic carbocycles. The predicted octanol–water partition coefficient (Wildman–Crippen LogP) is 3.69. The van der Waals surface area contributed by atoms with E-state index in [-0.39, 0.29) is 60.5 Å². The Morgan fingerprint density at radius 1 is 1.17 bits per heavy atom. The molecular weight excluding hydrogens is 494 g/mol. The summed E-state index contributed by atoms with van der Waals surface area (Å²) in [7, 11) is -3.94. The third-order valence-corrected chi connectivity index (χ3v) is 8.46. The van der Waals surface area contributed by atoms with Crippen molar-refractivity contribution < 1.29 is 27.2 Å². The maximum atomic E-state index is 13.1. The topological polar surface area (TPSA) is 153 Å². The second-order valence-electron chi connectivity index (χ2n) is 8.66. The van der Waals surface area contributed by atoms with E-state index in [9.17, 15) is 18.1 Å². The summed E-state index contributed by atoms with van der Waals surface area (Å²) < 4.78 is 58.8. The highest BCUT2D eigenvalue weighted by atomic mass is 32.2. The third-order valence-electron chi connectivity index (χ3n) is 5.85. The minimum Gasteiger partial charge on any atom is -0.546 e. The van der Waals surface area contributed by atoms with Crippen molar-refractivity contribution in [2.24, 2.45) is 5.92 Å². The number of phenolic OH excluding ortho intramolecular Hbond substituents is 1. The van der Waals surface area contributed by atoms with Crippen molar-refractivity contribution in [3.05, 3.63) is 41.3 Å². The Morgan fingerprint density at radius 3 is 2.49 bits per heavy atom. The van der Waals surface area contributed by atoms with Gasteiger partial charge in [-0.2, -0.15) is 4.31 Å². The Labute approximate surface area is 207 Å². The molecule has 2 aromatic heterocycles. The maximum absolute atomic E-state index is 13.1. The van der Waals surface area contributed by atoms with E-state index in [2.05, 4.69) is 19.4 Å². The summed E-state index contributed by atoms with van der Waals surface area (Å²) in [5.41, 5.74) is 1.11. The van der Waals surface area contributed by atoms with Crippen molar-refractivity contribution in [2.45, 2.75) is 38.6 Å². The zero-order chi connectivity index (χ0) is 25.3. The minimum atomic E-state index is -3.94. The molecular formula is C22H29N5O6S2. The zero-order valence-corrected chi connectivity index (χ0v) is 21.6. The first-order valence-electron chi connectivity index (χ1n) is 11.2. The molecule has 3 heterocycles. The number of aromatic nitrogens is 2. The van der Waals surface area contributed by atoms with Crippen molar-refractivity contribution in [1.29, 1.82) is 0 Å². The molecule has 0 aliphatic carbocycles. The Bertz CT molecular complexity index is 1280. The second kappa shape index (κ2) is 10.1. The highest BCUT2D eigenvalue weighted by Crippen LogP contribution is 2.38. The Kier molecular flexibility index (Phi) is 7.33. The number of ether oxygens (including phenoxy) is 1. The fraction of sp³-hybridized carbons (Fsp3) is 0.455. The van der Waals surface area contributed by atoms with Gasteiger partial charge in [-0.3, -0.25) is 0 Å². The Balaban J connectivity index is 1.63. The number of nitrogens with one attached hydrogen (secondary N) is 2. The summed E-state index contributed by atoms with van der Waals surface area (Å²) in [6.07, 6.45) is 0. The fourth-order valence-electron chi connectivity index (χ4n) is 3.79. The SMILES string of the molecule is Cc1cc([C@H](Nc2n[s+]([O-])nc2Nc2cccc(S(=O)(=O)N3CCOCC3)c2O)C(C)C)oc1C. The van der Waals surface area contributed by atoms with Crippen LogP contribution in [0.25, 0.3) is 0 Å². The molecule has 1 aliphatic rings. The Hall–Kier alpha value is -2.71. The van der Waals surface area contributed by atoms with Gasteiger partial charge in [-0.05, 0) is 43.5 Å². The van der Waals surface area contributed by atoms with Gasteiger partial charge in [0.15, 0.2) is 16.9 Å². The van der Waals surface area contributed by atoms with E-state index < -0.39 is 26.9 Å². The predicted molar refractivity (Wildman–Crippen MR) is 131 cm³/mol. The van der Waals surface area contributed by atoms with Crippen LogP contribution in [0.3, 0.4) is 0 Å². The normalized spacial score (nSPS) is 16.5. The number of hydrogen-bond acceptors (Lipinski definition) is 10. The van der Waals surface area contributed by atoms with Crippen LogP contribution in [-0.2, 0) is 14.8 Å². The van der Waals surface area contributed by atoms with Crippen molar-refractivity contribution in [2.75, 3.05) is 36.9 Å². The minimum absolute atomic E-state index is 0.0910. The van der Waals surface area contributed by atoms with Crippen LogP contribution >= 0.6 is 11.1 Å². The average molecular weight is 524 g/mol. The summed E-state index contributed by atoms with van der Waals surface area (Å²) in [6.45, 7) is 8.84. The maximum Gasteiger partial charge on any atom is 0.246 e. The molecule has 0 spiro atoms. The van der Waals surface area contributed by atoms with Crippen molar-refractivity contribution in [3.63, 3.8) is 0 Å². The lowest BCUT2D eigenvalue weighted by Gasteiger charge is -2.26. The number of hydrogen-bond donors (Lipinski definition) is 3. The zero-order valence-electron chi connectivity index (χ0n) is 19.9. The molecule has 11 nitrogen and oxygen atoms in total. The van der Waals surface area contributed by atoms with Crippen molar-refractivity contribution in [1.82, 2.24) is 13.1 Å². The molecule has 3 N–H and O–H groups in total. The van der Waals surface area contributed by atoms with E-state index in [0.29, 0.717) is 5.76 Å². The van der Waals surface area contributed by atoms with E-state index in [1.165, 1.54) is 22.5 Å². The lowest BCUT2D eigenvalue weighted by molar-refractivity contribution is 0.0729. The lowest BCUT2D eigenvalue weighted by atomic mass is 10.0. The molecule has 0 bridgehead atoms. The third kappa shape index (κ3) is 5.28. The number of rotatable bonds is 8. The van der Waals surface area contributed by atoms with E-state index in [0.717, 1.165) is 11.3 Å². The molecule has 0 radical (unpaired) electrons. The monoisotopic (exact) mass is 523 g/mol.